The minimum Gasteiger partial charge on any atom is -0.339 e. The lowest BCUT2D eigenvalue weighted by Crippen LogP contribution is -2.46. The molecule has 122 valence electrons. The van der Waals surface area contributed by atoms with Gasteiger partial charge < -0.3 is 4.90 Å². The van der Waals surface area contributed by atoms with Crippen LogP contribution in [0.2, 0.25) is 0 Å². The van der Waals surface area contributed by atoms with E-state index < -0.39 is 9.84 Å². The first-order valence-corrected chi connectivity index (χ1v) is 9.29. The molecule has 0 N–H and O–H groups in total. The van der Waals surface area contributed by atoms with Crippen molar-refractivity contribution in [2.75, 3.05) is 24.6 Å². The van der Waals surface area contributed by atoms with E-state index in [0.717, 1.165) is 30.4 Å². The fraction of sp³-hybridized carbons (Fsp3) is 0.833. The SMILES string of the molecule is O=C(Cn1nnn(C2CCCC2)c1=O)N1CCS(=O)(=O)CC1. The molecule has 1 aromatic rings. The topological polar surface area (TPSA) is 107 Å². The van der Waals surface area contributed by atoms with Gasteiger partial charge in [0.2, 0.25) is 5.91 Å². The lowest BCUT2D eigenvalue weighted by molar-refractivity contribution is -0.131. The molecule has 1 saturated carbocycles. The molecule has 2 fully saturated rings. The molecule has 10 heteroatoms. The van der Waals surface area contributed by atoms with Gasteiger partial charge in [-0.3, -0.25) is 4.79 Å². The van der Waals surface area contributed by atoms with Crippen molar-refractivity contribution < 1.29 is 13.2 Å². The maximum atomic E-state index is 12.2. The second-order valence-electron chi connectivity index (χ2n) is 5.83. The van der Waals surface area contributed by atoms with Crippen LogP contribution in [0.3, 0.4) is 0 Å². The van der Waals surface area contributed by atoms with Gasteiger partial charge in [-0.05, 0) is 23.3 Å². The predicted octanol–water partition coefficient (Wildman–Crippen LogP) is -1.19. The first-order chi connectivity index (χ1) is 10.5. The average Bonchev–Trinajstić information content (AvgIpc) is 3.09. The van der Waals surface area contributed by atoms with Gasteiger partial charge in [0.15, 0.2) is 9.84 Å². The predicted molar refractivity (Wildman–Crippen MR) is 77.0 cm³/mol. The van der Waals surface area contributed by atoms with Crippen molar-refractivity contribution in [2.45, 2.75) is 38.3 Å². The first-order valence-electron chi connectivity index (χ1n) is 7.47. The van der Waals surface area contributed by atoms with E-state index in [1.54, 1.807) is 0 Å². The molecule has 1 saturated heterocycles. The van der Waals surface area contributed by atoms with Crippen LogP contribution in [0.4, 0.5) is 0 Å². The Bertz CT molecular complexity index is 702. The number of hydrogen-bond acceptors (Lipinski definition) is 6. The summed E-state index contributed by atoms with van der Waals surface area (Å²) in [5.74, 6) is -0.347. The second-order valence-corrected chi connectivity index (χ2v) is 8.14. The van der Waals surface area contributed by atoms with Crippen molar-refractivity contribution in [1.82, 2.24) is 24.7 Å². The maximum Gasteiger partial charge on any atom is 0.364 e. The molecule has 0 radical (unpaired) electrons. The summed E-state index contributed by atoms with van der Waals surface area (Å²) in [4.78, 5) is 25.8. The number of sulfone groups is 1. The van der Waals surface area contributed by atoms with Gasteiger partial charge in [0.25, 0.3) is 0 Å². The summed E-state index contributed by atoms with van der Waals surface area (Å²) in [6, 6.07) is 0.0801. The van der Waals surface area contributed by atoms with Crippen LogP contribution in [0.5, 0.6) is 0 Å². The van der Waals surface area contributed by atoms with Gasteiger partial charge in [0.1, 0.15) is 6.54 Å². The summed E-state index contributed by atoms with van der Waals surface area (Å²) in [6.07, 6.45) is 3.98. The number of amides is 1. The number of nitrogens with zero attached hydrogens (tertiary/aromatic N) is 5. The lowest BCUT2D eigenvalue weighted by Gasteiger charge is -2.26. The molecule has 0 spiro atoms. The highest BCUT2D eigenvalue weighted by atomic mass is 32.2. The monoisotopic (exact) mass is 329 g/mol. The van der Waals surface area contributed by atoms with E-state index >= 15 is 0 Å². The Hall–Kier alpha value is -1.71. The Morgan fingerprint density at radius 1 is 1.14 bits per heavy atom. The van der Waals surface area contributed by atoms with E-state index in [2.05, 4.69) is 10.4 Å². The summed E-state index contributed by atoms with van der Waals surface area (Å²) in [5, 5.41) is 7.64. The fourth-order valence-corrected chi connectivity index (χ4v) is 4.15. The number of aromatic nitrogens is 4. The molecule has 1 aromatic heterocycles. The molecule has 9 nitrogen and oxygen atoms in total. The van der Waals surface area contributed by atoms with Crippen molar-refractivity contribution in [3.8, 4) is 0 Å². The third-order valence-electron chi connectivity index (χ3n) is 4.31. The van der Waals surface area contributed by atoms with E-state index in [4.69, 9.17) is 0 Å². The zero-order valence-electron chi connectivity index (χ0n) is 12.2. The Balaban J connectivity index is 1.66. The molecule has 1 aliphatic heterocycles. The Labute approximate surface area is 127 Å². The fourth-order valence-electron chi connectivity index (χ4n) is 2.95. The van der Waals surface area contributed by atoms with E-state index in [1.807, 2.05) is 0 Å². The summed E-state index contributed by atoms with van der Waals surface area (Å²) in [6.45, 7) is 0.158. The molecule has 22 heavy (non-hydrogen) atoms. The van der Waals surface area contributed by atoms with Crippen LogP contribution in [-0.2, 0) is 21.2 Å². The van der Waals surface area contributed by atoms with Gasteiger partial charge >= 0.3 is 5.69 Å². The van der Waals surface area contributed by atoms with Crippen LogP contribution in [0.25, 0.3) is 0 Å². The molecular formula is C12H19N5O4S. The first kappa shape index (κ1) is 15.2. The summed E-state index contributed by atoms with van der Waals surface area (Å²) in [7, 11) is -3.03. The number of rotatable bonds is 3. The zero-order chi connectivity index (χ0) is 15.7. The molecule has 3 rings (SSSR count). The van der Waals surface area contributed by atoms with Crippen molar-refractivity contribution >= 4 is 15.7 Å². The van der Waals surface area contributed by atoms with Gasteiger partial charge in [-0.25, -0.2) is 13.2 Å². The second kappa shape index (κ2) is 5.82. The van der Waals surface area contributed by atoms with Crippen molar-refractivity contribution in [3.05, 3.63) is 10.5 Å². The van der Waals surface area contributed by atoms with Crippen molar-refractivity contribution in [3.63, 3.8) is 0 Å². The number of carbonyl (C=O) groups excluding carboxylic acids is 1. The van der Waals surface area contributed by atoms with Gasteiger partial charge in [0.05, 0.1) is 17.5 Å². The molecule has 1 amide bonds. The third-order valence-corrected chi connectivity index (χ3v) is 5.92. The highest BCUT2D eigenvalue weighted by Gasteiger charge is 2.27. The molecule has 0 aromatic carbocycles. The molecule has 0 unspecified atom stereocenters. The highest BCUT2D eigenvalue weighted by Crippen LogP contribution is 2.27. The van der Waals surface area contributed by atoms with Crippen molar-refractivity contribution in [2.24, 2.45) is 0 Å². The van der Waals surface area contributed by atoms with Crippen LogP contribution in [0.1, 0.15) is 31.7 Å². The number of tetrazole rings is 1. The standard InChI is InChI=1S/C12H19N5O4S/c18-11(15-5-7-22(20,21)8-6-15)9-16-12(19)17(14-13-16)10-3-1-2-4-10/h10H,1-9H2. The number of carbonyl (C=O) groups is 1. The van der Waals surface area contributed by atoms with Crippen LogP contribution in [0, 0.1) is 0 Å². The largest absolute Gasteiger partial charge is 0.364 e. The average molecular weight is 329 g/mol. The minimum absolute atomic E-state index is 0.0254. The summed E-state index contributed by atoms with van der Waals surface area (Å²) < 4.78 is 25.1. The Morgan fingerprint density at radius 3 is 2.41 bits per heavy atom. The molecule has 2 aliphatic rings. The van der Waals surface area contributed by atoms with Crippen LogP contribution in [0.15, 0.2) is 4.79 Å². The Morgan fingerprint density at radius 2 is 1.77 bits per heavy atom. The molecule has 0 bridgehead atoms. The van der Waals surface area contributed by atoms with Gasteiger partial charge in [-0.1, -0.05) is 12.8 Å². The van der Waals surface area contributed by atoms with E-state index in [0.29, 0.717) is 0 Å². The van der Waals surface area contributed by atoms with E-state index in [9.17, 15) is 18.0 Å². The van der Waals surface area contributed by atoms with E-state index in [1.165, 1.54) is 9.58 Å². The number of hydrogen-bond donors (Lipinski definition) is 0. The highest BCUT2D eigenvalue weighted by molar-refractivity contribution is 7.91. The van der Waals surface area contributed by atoms with Crippen LogP contribution >= 0.6 is 0 Å². The zero-order valence-corrected chi connectivity index (χ0v) is 13.0. The van der Waals surface area contributed by atoms with Crippen LogP contribution < -0.4 is 5.69 Å². The Kier molecular flexibility index (Phi) is 4.02. The third kappa shape index (κ3) is 3.06. The lowest BCUT2D eigenvalue weighted by atomic mass is 10.3. The normalized spacial score (nSPS) is 22.1. The van der Waals surface area contributed by atoms with E-state index in [-0.39, 0.29) is 48.8 Å². The van der Waals surface area contributed by atoms with Gasteiger partial charge in [0, 0.05) is 13.1 Å². The minimum atomic E-state index is -3.03. The quantitative estimate of drug-likeness (QED) is 0.690. The van der Waals surface area contributed by atoms with Crippen LogP contribution in [-0.4, -0.2) is 63.6 Å². The summed E-state index contributed by atoms with van der Waals surface area (Å²) >= 11 is 0. The van der Waals surface area contributed by atoms with Gasteiger partial charge in [-0.15, -0.1) is 0 Å². The smallest absolute Gasteiger partial charge is 0.339 e. The summed E-state index contributed by atoms with van der Waals surface area (Å²) in [5.41, 5.74) is -0.370. The molecule has 1 aliphatic carbocycles. The maximum absolute atomic E-state index is 12.2. The van der Waals surface area contributed by atoms with Gasteiger partial charge in [-0.2, -0.15) is 9.36 Å². The van der Waals surface area contributed by atoms with Crippen molar-refractivity contribution in [1.29, 1.82) is 0 Å². The molecule has 2 heterocycles. The molecular weight excluding hydrogens is 310 g/mol. The molecule has 0 atom stereocenters.